The normalized spacial score (nSPS) is 24.1. The molecule has 238 valence electrons. The van der Waals surface area contributed by atoms with Crippen molar-refractivity contribution in [1.29, 1.82) is 0 Å². The molecule has 0 bridgehead atoms. The summed E-state index contributed by atoms with van der Waals surface area (Å²) in [5, 5.41) is 3.64. The van der Waals surface area contributed by atoms with Gasteiger partial charge in [-0.25, -0.2) is 4.39 Å². The Hall–Kier alpha value is -5.40. The zero-order chi connectivity index (χ0) is 33.2. The molecule has 5 aromatic rings. The van der Waals surface area contributed by atoms with E-state index in [-0.39, 0.29) is 30.7 Å². The van der Waals surface area contributed by atoms with E-state index in [0.717, 1.165) is 22.3 Å². The average molecular weight is 636 g/mol. The van der Waals surface area contributed by atoms with Crippen LogP contribution in [-0.2, 0) is 38.4 Å². The van der Waals surface area contributed by atoms with Crippen molar-refractivity contribution in [1.82, 2.24) is 5.32 Å². The minimum absolute atomic E-state index is 0.221. The molecule has 1 fully saturated rings. The predicted molar refractivity (Wildman–Crippen MR) is 183 cm³/mol. The molecule has 2 amide bonds. The van der Waals surface area contributed by atoms with Crippen molar-refractivity contribution in [3.63, 3.8) is 0 Å². The lowest BCUT2D eigenvalue weighted by Gasteiger charge is -2.37. The third-order valence-electron chi connectivity index (χ3n) is 10.4. The van der Waals surface area contributed by atoms with Crippen LogP contribution in [0, 0.1) is 18.7 Å². The second-order valence-corrected chi connectivity index (χ2v) is 13.1. The van der Waals surface area contributed by atoms with Crippen molar-refractivity contribution in [3.8, 4) is 0 Å². The minimum Gasteiger partial charge on any atom is -0.307 e. The maximum absolute atomic E-state index is 15.5. The van der Waals surface area contributed by atoms with Gasteiger partial charge in [-0.05, 0) is 60.4 Å². The first-order valence-electron chi connectivity index (χ1n) is 16.2. The van der Waals surface area contributed by atoms with Gasteiger partial charge in [-0.15, -0.1) is 0 Å². The first kappa shape index (κ1) is 30.0. The van der Waals surface area contributed by atoms with Crippen LogP contribution in [0.4, 0.5) is 15.8 Å². The molecule has 0 radical (unpaired) electrons. The third-order valence-corrected chi connectivity index (χ3v) is 10.4. The summed E-state index contributed by atoms with van der Waals surface area (Å²) in [6, 6.07) is 38.3. The lowest BCUT2D eigenvalue weighted by molar-refractivity contribution is -0.137. The number of amides is 2. The van der Waals surface area contributed by atoms with Crippen LogP contribution < -0.4 is 15.1 Å². The van der Waals surface area contributed by atoms with Crippen molar-refractivity contribution < 1.29 is 18.8 Å². The molecule has 3 aliphatic heterocycles. The van der Waals surface area contributed by atoms with E-state index in [1.807, 2.05) is 116 Å². The van der Waals surface area contributed by atoms with Gasteiger partial charge in [0.05, 0.1) is 25.0 Å². The summed E-state index contributed by atoms with van der Waals surface area (Å²) in [4.78, 5) is 48.7. The van der Waals surface area contributed by atoms with Crippen molar-refractivity contribution in [3.05, 3.63) is 167 Å². The summed E-state index contributed by atoms with van der Waals surface area (Å²) in [6.45, 7) is 3.93. The lowest BCUT2D eigenvalue weighted by Crippen LogP contribution is -2.56. The SMILES string of the molecule is CC(=O)[C@@H]1[C@]2(C(=O)N(Cc3ccccc3)c3ccc(C)cc32)[C@H](c2ccccc2)N[C@@]12C(=O)N(Cc1ccccc1)c1ccc(F)cc12. The topological polar surface area (TPSA) is 69.7 Å². The van der Waals surface area contributed by atoms with Gasteiger partial charge in [0, 0.05) is 16.9 Å². The highest BCUT2D eigenvalue weighted by molar-refractivity contribution is 6.17. The standard InChI is InChI=1S/C41H34FN3O3/c1-26-18-20-34-32(22-26)40(38(47)44(34)24-28-12-6-3-7-13-28)36(27(2)46)41(43-37(40)30-16-10-5-11-17-30)33-23-31(42)19-21-35(33)45(39(41)48)25-29-14-8-4-9-15-29/h3-23,36-37,43H,24-25H2,1-2H3/t36-,37+,40+,41-/m1/s1. The molecule has 0 saturated carbocycles. The molecule has 0 unspecified atom stereocenters. The molecule has 4 atom stereocenters. The Morgan fingerprint density at radius 3 is 1.85 bits per heavy atom. The maximum Gasteiger partial charge on any atom is 0.253 e. The third kappa shape index (κ3) is 4.17. The van der Waals surface area contributed by atoms with E-state index in [0.29, 0.717) is 22.5 Å². The van der Waals surface area contributed by atoms with Gasteiger partial charge in [0.25, 0.3) is 5.91 Å². The number of halogens is 1. The highest BCUT2D eigenvalue weighted by Gasteiger charge is 2.76. The molecule has 2 spiro atoms. The number of carbonyl (C=O) groups is 3. The summed E-state index contributed by atoms with van der Waals surface area (Å²) in [5.74, 6) is -2.69. The Labute approximate surface area is 278 Å². The smallest absolute Gasteiger partial charge is 0.253 e. The van der Waals surface area contributed by atoms with Crippen LogP contribution in [0.3, 0.4) is 0 Å². The molecule has 7 heteroatoms. The molecule has 1 saturated heterocycles. The summed E-state index contributed by atoms with van der Waals surface area (Å²) in [6.07, 6.45) is 0. The molecule has 3 heterocycles. The van der Waals surface area contributed by atoms with Gasteiger partial charge in [-0.2, -0.15) is 0 Å². The number of anilines is 2. The van der Waals surface area contributed by atoms with E-state index in [1.54, 1.807) is 15.9 Å². The maximum atomic E-state index is 15.5. The van der Waals surface area contributed by atoms with Crippen LogP contribution >= 0.6 is 0 Å². The molecule has 3 aliphatic rings. The Morgan fingerprint density at radius 2 is 1.25 bits per heavy atom. The van der Waals surface area contributed by atoms with Gasteiger partial charge in [-0.3, -0.25) is 19.7 Å². The van der Waals surface area contributed by atoms with Gasteiger partial charge < -0.3 is 9.80 Å². The van der Waals surface area contributed by atoms with Gasteiger partial charge in [0.1, 0.15) is 22.6 Å². The molecule has 0 aromatic heterocycles. The van der Waals surface area contributed by atoms with Crippen LogP contribution in [0.25, 0.3) is 0 Å². The quantitative estimate of drug-likeness (QED) is 0.220. The monoisotopic (exact) mass is 635 g/mol. The molecule has 1 N–H and O–H groups in total. The largest absolute Gasteiger partial charge is 0.307 e. The number of hydrogen-bond donors (Lipinski definition) is 1. The Morgan fingerprint density at radius 1 is 0.708 bits per heavy atom. The Kier molecular flexibility index (Phi) is 6.93. The molecule has 0 aliphatic carbocycles. The number of benzene rings is 5. The summed E-state index contributed by atoms with van der Waals surface area (Å²) >= 11 is 0. The number of nitrogens with one attached hydrogen (secondary N) is 1. The van der Waals surface area contributed by atoms with Crippen molar-refractivity contribution >= 4 is 29.0 Å². The fourth-order valence-corrected chi connectivity index (χ4v) is 8.53. The van der Waals surface area contributed by atoms with Crippen molar-refractivity contribution in [2.24, 2.45) is 5.92 Å². The van der Waals surface area contributed by atoms with Gasteiger partial charge in [0.15, 0.2) is 0 Å². The zero-order valence-electron chi connectivity index (χ0n) is 26.7. The highest BCUT2D eigenvalue weighted by Crippen LogP contribution is 2.65. The van der Waals surface area contributed by atoms with E-state index in [2.05, 4.69) is 5.32 Å². The van der Waals surface area contributed by atoms with E-state index >= 15 is 14.0 Å². The number of ketones is 1. The molecular weight excluding hydrogens is 601 g/mol. The Balaban J connectivity index is 1.41. The zero-order valence-corrected chi connectivity index (χ0v) is 26.7. The first-order chi connectivity index (χ1) is 23.3. The Bertz CT molecular complexity index is 2090. The van der Waals surface area contributed by atoms with Crippen LogP contribution in [0.5, 0.6) is 0 Å². The number of carbonyl (C=O) groups excluding carboxylic acids is 3. The van der Waals surface area contributed by atoms with Crippen LogP contribution in [0.2, 0.25) is 0 Å². The lowest BCUT2D eigenvalue weighted by atomic mass is 9.60. The first-order valence-corrected chi connectivity index (χ1v) is 16.2. The molecule has 8 rings (SSSR count). The minimum atomic E-state index is -1.72. The van der Waals surface area contributed by atoms with Gasteiger partial charge >= 0.3 is 0 Å². The van der Waals surface area contributed by atoms with Crippen LogP contribution in [0.15, 0.2) is 127 Å². The summed E-state index contributed by atoms with van der Waals surface area (Å²) in [7, 11) is 0. The van der Waals surface area contributed by atoms with Crippen LogP contribution in [0.1, 0.15) is 46.3 Å². The molecule has 6 nitrogen and oxygen atoms in total. The van der Waals surface area contributed by atoms with Crippen molar-refractivity contribution in [2.45, 2.75) is 43.9 Å². The van der Waals surface area contributed by atoms with Gasteiger partial charge in [0.2, 0.25) is 5.91 Å². The number of Topliss-reactive ketones (excluding diaryl/α,β-unsaturated/α-hetero) is 1. The average Bonchev–Trinajstić information content (AvgIpc) is 3.63. The number of rotatable bonds is 6. The van der Waals surface area contributed by atoms with Gasteiger partial charge in [-0.1, -0.05) is 109 Å². The van der Waals surface area contributed by atoms with E-state index in [4.69, 9.17) is 0 Å². The fourth-order valence-electron chi connectivity index (χ4n) is 8.53. The number of aryl methyl sites for hydroxylation is 1. The highest BCUT2D eigenvalue weighted by atomic mass is 19.1. The number of hydrogen-bond acceptors (Lipinski definition) is 4. The second kappa shape index (κ2) is 11.1. The fraction of sp³-hybridized carbons (Fsp3) is 0.195. The summed E-state index contributed by atoms with van der Waals surface area (Å²) in [5.41, 5.74) is 2.53. The second-order valence-electron chi connectivity index (χ2n) is 13.1. The molecular formula is C41H34FN3O3. The number of fused-ring (bicyclic) bond motifs is 4. The van der Waals surface area contributed by atoms with E-state index in [9.17, 15) is 4.79 Å². The van der Waals surface area contributed by atoms with Crippen LogP contribution in [-0.4, -0.2) is 17.6 Å². The predicted octanol–water partition coefficient (Wildman–Crippen LogP) is 6.91. The molecule has 5 aromatic carbocycles. The van der Waals surface area contributed by atoms with E-state index < -0.39 is 28.7 Å². The summed E-state index contributed by atoms with van der Waals surface area (Å²) < 4.78 is 15.4. The van der Waals surface area contributed by atoms with E-state index in [1.165, 1.54) is 19.1 Å². The molecule has 48 heavy (non-hydrogen) atoms. The van der Waals surface area contributed by atoms with Crippen molar-refractivity contribution in [2.75, 3.05) is 9.80 Å². The number of nitrogens with zero attached hydrogens (tertiary/aromatic N) is 2.